The van der Waals surface area contributed by atoms with Gasteiger partial charge in [-0.1, -0.05) is 128 Å². The lowest BCUT2D eigenvalue weighted by Crippen LogP contribution is -2.08. The number of H-pyrrole nitrogens is 6. The number of aryl methyl sites for hydroxylation is 10. The number of rotatable bonds is 19. The van der Waals surface area contributed by atoms with Crippen molar-refractivity contribution in [1.29, 1.82) is 0 Å². The second-order valence-corrected chi connectivity index (χ2v) is 31.7. The Morgan fingerprint density at radius 2 is 0.940 bits per heavy atom. The van der Waals surface area contributed by atoms with Crippen molar-refractivity contribution in [3.63, 3.8) is 0 Å². The van der Waals surface area contributed by atoms with Gasteiger partial charge in [0.05, 0.1) is 30.5 Å². The second-order valence-electron chi connectivity index (χ2n) is 20.6. The molecule has 0 saturated carbocycles. The number of pyridine rings is 1. The summed E-state index contributed by atoms with van der Waals surface area (Å²) in [5, 5.41) is 8.01. The fourth-order valence-electron chi connectivity index (χ4n) is 7.81. The van der Waals surface area contributed by atoms with E-state index in [2.05, 4.69) is 96.4 Å². The van der Waals surface area contributed by atoms with Gasteiger partial charge >= 0.3 is 0 Å². The molecule has 0 aliphatic rings. The summed E-state index contributed by atoms with van der Waals surface area (Å²) in [5.74, 6) is 5.94. The summed E-state index contributed by atoms with van der Waals surface area (Å²) in [6, 6.07) is 14.7. The van der Waals surface area contributed by atoms with Crippen LogP contribution >= 0.6 is 151 Å². The standard InChI is InChI=1S/C12H13N3OS.C11H14N4OS.C11H13N3O2S.C10H8Cl2N2OS2.C9H7Cl2N3OS2.C9H9N3OS2/c1-8-3-4-10(6-13-8)7-17-12-14-9(2)5-11(16)15-12;1-3-15-5-4-12-9(15)7-17-11-13-8(2)6-10(16)14-11;1-6-4-10(15)13-11(12-6)17-5-9-7(2)14-16-8(9)3;1-5-2-8(15)14-10(13-5)16-4-6-3-7(11)17-9(6)12;1-4-2-6(15)13-9(12-4)16-3-5-7(10)14-8(11)17-5;1-6-2-8(13)12-9(11-6)14-4-7-3-10-5-15-7/h3-6H,7H2,1-2H3,(H,14,15,16);4-6H,3,7H2,1-2H3,(H,13,14,16);4H,5H2,1-3H3,(H,12,13,15);2-3H,4H2,1H3,(H,13,14,15);2H,3H2,1H3,(H,12,13,15);2-3,5H,4H2,1H3,(H,11,12,13). The van der Waals surface area contributed by atoms with Gasteiger partial charge in [-0.2, -0.15) is 0 Å². The Hall–Kier alpha value is -6.93. The molecule has 12 aromatic heterocycles. The number of halogens is 4. The van der Waals surface area contributed by atoms with Gasteiger partial charge in [-0.3, -0.25) is 38.7 Å². The Morgan fingerprint density at radius 1 is 0.490 bits per heavy atom. The number of hydrogen-bond donors (Lipinski definition) is 6. The Morgan fingerprint density at radius 3 is 1.32 bits per heavy atom. The van der Waals surface area contributed by atoms with Gasteiger partial charge in [0.15, 0.2) is 35.4 Å². The van der Waals surface area contributed by atoms with E-state index in [0.717, 1.165) is 85.4 Å². The number of hydrogen-bond acceptors (Lipinski definition) is 27. The van der Waals surface area contributed by atoms with Crippen molar-refractivity contribution in [1.82, 2.24) is 89.5 Å². The summed E-state index contributed by atoms with van der Waals surface area (Å²) >= 11 is 36.5. The third-order valence-electron chi connectivity index (χ3n) is 12.3. The zero-order chi connectivity index (χ0) is 72.4. The molecule has 12 heterocycles. The highest BCUT2D eigenvalue weighted by Crippen LogP contribution is 2.35. The molecule has 25 nitrogen and oxygen atoms in total. The van der Waals surface area contributed by atoms with Gasteiger partial charge in [-0.15, -0.1) is 34.0 Å². The molecule has 0 aliphatic carbocycles. The molecule has 0 saturated heterocycles. The molecule has 0 atom stereocenters. The first kappa shape index (κ1) is 80.4. The number of thiazole rings is 2. The van der Waals surface area contributed by atoms with Gasteiger partial charge in [0.1, 0.15) is 16.7 Å². The van der Waals surface area contributed by atoms with E-state index < -0.39 is 0 Å². The van der Waals surface area contributed by atoms with Crippen molar-refractivity contribution in [2.75, 3.05) is 0 Å². The van der Waals surface area contributed by atoms with Crippen LogP contribution in [-0.2, 0) is 41.1 Å². The average molecular weight is 1600 g/mol. The number of thiophene rings is 1. The first-order valence-corrected chi connectivity index (χ1v) is 39.3. The van der Waals surface area contributed by atoms with Gasteiger partial charge < -0.3 is 39.0 Å². The van der Waals surface area contributed by atoms with E-state index in [0.29, 0.717) is 83.6 Å². The Bertz CT molecular complexity index is 4870. The molecule has 0 fully saturated rings. The van der Waals surface area contributed by atoms with Crippen LogP contribution in [0.2, 0.25) is 18.3 Å². The molecule has 0 radical (unpaired) electrons. The van der Waals surface area contributed by atoms with Crippen LogP contribution in [0.5, 0.6) is 0 Å². The zero-order valence-corrected chi connectivity index (χ0v) is 65.3. The van der Waals surface area contributed by atoms with Crippen molar-refractivity contribution >= 4 is 151 Å². The molecular weight excluding hydrogens is 1540 g/mol. The van der Waals surface area contributed by atoms with Crippen molar-refractivity contribution in [3.05, 3.63) is 249 Å². The number of nitrogens with zero attached hydrogens (tertiary/aromatic N) is 12. The average Bonchev–Trinajstić information content (AvgIpc) is 1.64. The highest BCUT2D eigenvalue weighted by molar-refractivity contribution is 7.99. The third kappa shape index (κ3) is 28.5. The van der Waals surface area contributed by atoms with Crippen LogP contribution in [0.1, 0.15) is 90.5 Å². The van der Waals surface area contributed by atoms with Crippen molar-refractivity contribution < 1.29 is 4.52 Å². The van der Waals surface area contributed by atoms with Gasteiger partial charge in [0.25, 0.3) is 33.4 Å². The van der Waals surface area contributed by atoms with Crippen LogP contribution in [0.15, 0.2) is 149 Å². The maximum absolute atomic E-state index is 11.3. The highest BCUT2D eigenvalue weighted by atomic mass is 35.5. The SMILES string of the molecule is CCn1ccnc1CSc1nc(C)cc(=O)[nH]1.Cc1cc(=O)[nH]c(SCc2c(C)noc2C)n1.Cc1cc(=O)[nH]c(SCc2cc(Cl)sc2Cl)n1.Cc1cc(=O)[nH]c(SCc2cncs2)n1.Cc1cc(=O)[nH]c(SCc2sc(Cl)nc2Cl)n1.Cc1ccc(CSc2nc(C)cc(=O)[nH]2)cn1. The molecule has 0 bridgehead atoms. The Labute approximate surface area is 629 Å². The normalized spacial score (nSPS) is 10.7. The molecule has 12 rings (SSSR count). The Kier molecular flexibility index (Phi) is 32.7. The molecule has 6 N–H and O–H groups in total. The van der Waals surface area contributed by atoms with E-state index in [9.17, 15) is 28.8 Å². The van der Waals surface area contributed by atoms with Gasteiger partial charge in [-0.25, -0.2) is 39.9 Å². The molecule has 12 aromatic rings. The summed E-state index contributed by atoms with van der Waals surface area (Å²) in [4.78, 5) is 127. The smallest absolute Gasteiger partial charge is 0.251 e. The molecule has 100 heavy (non-hydrogen) atoms. The lowest BCUT2D eigenvalue weighted by Gasteiger charge is -2.04. The lowest BCUT2D eigenvalue weighted by atomic mass is 10.2. The number of aromatic nitrogens is 18. The summed E-state index contributed by atoms with van der Waals surface area (Å²) in [5.41, 5.74) is 10.4. The van der Waals surface area contributed by atoms with Crippen molar-refractivity contribution in [2.45, 2.75) is 141 Å². The summed E-state index contributed by atoms with van der Waals surface area (Å²) in [6.07, 6.45) is 7.40. The van der Waals surface area contributed by atoms with Crippen LogP contribution in [0.4, 0.5) is 0 Å². The Balaban J connectivity index is 0.000000169. The molecule has 0 aromatic carbocycles. The monoisotopic (exact) mass is 1600 g/mol. The maximum Gasteiger partial charge on any atom is 0.251 e. The van der Waals surface area contributed by atoms with Crippen LogP contribution < -0.4 is 33.4 Å². The van der Waals surface area contributed by atoms with Crippen LogP contribution in [-0.4, -0.2) is 89.5 Å². The molecule has 526 valence electrons. The van der Waals surface area contributed by atoms with Gasteiger partial charge in [0, 0.05) is 147 Å². The lowest BCUT2D eigenvalue weighted by molar-refractivity contribution is 0.392. The van der Waals surface area contributed by atoms with Gasteiger partial charge in [-0.05, 0) is 92.5 Å². The van der Waals surface area contributed by atoms with Crippen LogP contribution in [0.3, 0.4) is 0 Å². The van der Waals surface area contributed by atoms with E-state index in [4.69, 9.17) is 50.9 Å². The molecular formula is C62H64Cl4N18O7S9. The van der Waals surface area contributed by atoms with Crippen molar-refractivity contribution in [2.24, 2.45) is 0 Å². The van der Waals surface area contributed by atoms with E-state index in [-0.39, 0.29) is 33.4 Å². The fraction of sp³-hybridized carbons (Fsp3) is 0.274. The predicted octanol–water partition coefficient (Wildman–Crippen LogP) is 14.3. The summed E-state index contributed by atoms with van der Waals surface area (Å²) in [6.45, 7) is 19.5. The first-order valence-electron chi connectivity index (χ1n) is 29.4. The number of aromatic amines is 6. The predicted molar refractivity (Wildman–Crippen MR) is 406 cm³/mol. The van der Waals surface area contributed by atoms with E-state index in [1.54, 1.807) is 43.8 Å². The highest BCUT2D eigenvalue weighted by Gasteiger charge is 2.13. The topological polar surface area (TPSA) is 357 Å². The fourth-order valence-corrected chi connectivity index (χ4v) is 17.2. The summed E-state index contributed by atoms with van der Waals surface area (Å²) < 4.78 is 8.90. The third-order valence-corrected chi connectivity index (χ3v) is 22.1. The van der Waals surface area contributed by atoms with Gasteiger partial charge in [0.2, 0.25) is 0 Å². The van der Waals surface area contributed by atoms with Crippen LogP contribution in [0.25, 0.3) is 0 Å². The second kappa shape index (κ2) is 40.6. The molecule has 0 aliphatic heterocycles. The minimum Gasteiger partial charge on any atom is -0.361 e. The van der Waals surface area contributed by atoms with E-state index in [1.807, 2.05) is 78.3 Å². The summed E-state index contributed by atoms with van der Waals surface area (Å²) in [7, 11) is 0. The minimum absolute atomic E-state index is 0.102. The van der Waals surface area contributed by atoms with E-state index >= 15 is 0 Å². The first-order chi connectivity index (χ1) is 47.7. The maximum atomic E-state index is 11.3. The molecule has 0 amide bonds. The van der Waals surface area contributed by atoms with Crippen molar-refractivity contribution in [3.8, 4) is 0 Å². The molecule has 0 unspecified atom stereocenters. The largest absolute Gasteiger partial charge is 0.361 e. The quantitative estimate of drug-likeness (QED) is 0.0323. The van der Waals surface area contributed by atoms with E-state index in [1.165, 1.54) is 135 Å². The number of thioether (sulfide) groups is 6. The molecule has 38 heteroatoms. The number of imidazole rings is 1. The van der Waals surface area contributed by atoms with Crippen LogP contribution in [0, 0.1) is 62.3 Å². The number of nitrogens with one attached hydrogen (secondary N) is 6. The minimum atomic E-state index is -0.159. The molecule has 0 spiro atoms. The zero-order valence-electron chi connectivity index (χ0n) is 54.9.